The van der Waals surface area contributed by atoms with E-state index >= 15 is 0 Å². The molecule has 0 bridgehead atoms. The molecule has 0 aliphatic carbocycles. The zero-order valence-electron chi connectivity index (χ0n) is 14.2. The number of nitrogens with two attached hydrogens (primary N) is 1. The van der Waals surface area contributed by atoms with Crippen LogP contribution in [-0.4, -0.2) is 25.3 Å². The number of anilines is 2. The van der Waals surface area contributed by atoms with Crippen molar-refractivity contribution in [3.63, 3.8) is 0 Å². The average molecular weight is 346 g/mol. The van der Waals surface area contributed by atoms with Gasteiger partial charge in [-0.2, -0.15) is 0 Å². The summed E-state index contributed by atoms with van der Waals surface area (Å²) in [5.74, 6) is 1.02. The second kappa shape index (κ2) is 6.36. The van der Waals surface area contributed by atoms with E-state index in [9.17, 15) is 4.79 Å². The van der Waals surface area contributed by atoms with Crippen LogP contribution >= 0.6 is 0 Å². The quantitative estimate of drug-likeness (QED) is 0.381. The summed E-state index contributed by atoms with van der Waals surface area (Å²) in [4.78, 5) is 24.2. The number of fused-ring (bicyclic) bond motifs is 1. The second-order valence-corrected chi connectivity index (χ2v) is 6.10. The van der Waals surface area contributed by atoms with Gasteiger partial charge < -0.3 is 20.6 Å². The van der Waals surface area contributed by atoms with Gasteiger partial charge in [0.25, 0.3) is 0 Å². The number of imidazole rings is 2. The highest BCUT2D eigenvalue weighted by atomic mass is 16.1. The molecule has 0 saturated carbocycles. The number of ketones is 1. The molecule has 0 fully saturated rings. The van der Waals surface area contributed by atoms with Crippen molar-refractivity contribution in [1.82, 2.24) is 19.5 Å². The molecule has 7 heteroatoms. The van der Waals surface area contributed by atoms with Gasteiger partial charge >= 0.3 is 0 Å². The number of H-pyrrole nitrogens is 1. The number of nitrogens with zero attached hydrogens (tertiary/aromatic N) is 3. The second-order valence-electron chi connectivity index (χ2n) is 6.10. The topological polar surface area (TPSA) is 102 Å². The van der Waals surface area contributed by atoms with Crippen LogP contribution in [0.2, 0.25) is 0 Å². The molecular formula is C19H18N6O. The number of aryl methyl sites for hydroxylation is 1. The molecule has 0 saturated heterocycles. The summed E-state index contributed by atoms with van der Waals surface area (Å²) >= 11 is 0. The lowest BCUT2D eigenvalue weighted by Crippen LogP contribution is -2.09. The Kier molecular flexibility index (Phi) is 3.89. The molecule has 7 nitrogen and oxygen atoms in total. The monoisotopic (exact) mass is 346 g/mol. The first-order valence-corrected chi connectivity index (χ1v) is 8.20. The molecule has 2 aromatic carbocycles. The molecule has 4 aromatic rings. The average Bonchev–Trinajstić information content (AvgIpc) is 3.25. The third-order valence-corrected chi connectivity index (χ3v) is 4.21. The summed E-state index contributed by atoms with van der Waals surface area (Å²) in [6.07, 6.45) is 3.37. The zero-order valence-corrected chi connectivity index (χ0v) is 14.2. The van der Waals surface area contributed by atoms with Crippen LogP contribution in [0.3, 0.4) is 0 Å². The first-order chi connectivity index (χ1) is 12.6. The zero-order chi connectivity index (χ0) is 18.1. The van der Waals surface area contributed by atoms with Crippen molar-refractivity contribution in [3.8, 4) is 0 Å². The van der Waals surface area contributed by atoms with E-state index in [4.69, 9.17) is 5.73 Å². The van der Waals surface area contributed by atoms with E-state index in [1.807, 2.05) is 42.5 Å². The van der Waals surface area contributed by atoms with Crippen LogP contribution in [0.5, 0.6) is 0 Å². The van der Waals surface area contributed by atoms with Crippen molar-refractivity contribution < 1.29 is 4.79 Å². The van der Waals surface area contributed by atoms with Crippen molar-refractivity contribution in [1.29, 1.82) is 0 Å². The lowest BCUT2D eigenvalue weighted by atomic mass is 10.1. The summed E-state index contributed by atoms with van der Waals surface area (Å²) in [6.45, 7) is 0.589. The molecule has 4 N–H and O–H groups in total. The van der Waals surface area contributed by atoms with Gasteiger partial charge in [-0.3, -0.25) is 4.79 Å². The Morgan fingerprint density at radius 2 is 2.04 bits per heavy atom. The van der Waals surface area contributed by atoms with Crippen molar-refractivity contribution >= 4 is 28.5 Å². The summed E-state index contributed by atoms with van der Waals surface area (Å²) < 4.78 is 1.71. The number of hydrogen-bond donors (Lipinski definition) is 3. The number of aromatic nitrogens is 4. The smallest absolute Gasteiger partial charge is 0.228 e. The Hall–Kier alpha value is -3.61. The van der Waals surface area contributed by atoms with E-state index in [1.54, 1.807) is 24.0 Å². The summed E-state index contributed by atoms with van der Waals surface area (Å²) in [5.41, 5.74) is 9.88. The maximum absolute atomic E-state index is 12.4. The fourth-order valence-electron chi connectivity index (χ4n) is 2.78. The predicted molar refractivity (Wildman–Crippen MR) is 101 cm³/mol. The van der Waals surface area contributed by atoms with Crippen molar-refractivity contribution in [3.05, 3.63) is 71.8 Å². The highest BCUT2D eigenvalue weighted by molar-refractivity contribution is 6.06. The van der Waals surface area contributed by atoms with Crippen LogP contribution in [0.4, 0.5) is 11.6 Å². The van der Waals surface area contributed by atoms with Crippen LogP contribution in [0.15, 0.2) is 54.9 Å². The maximum Gasteiger partial charge on any atom is 0.228 e. The van der Waals surface area contributed by atoms with Gasteiger partial charge in [0.2, 0.25) is 11.7 Å². The van der Waals surface area contributed by atoms with Gasteiger partial charge in [0.15, 0.2) is 5.82 Å². The van der Waals surface area contributed by atoms with Crippen molar-refractivity contribution in [2.24, 2.45) is 7.05 Å². The predicted octanol–water partition coefficient (Wildman–Crippen LogP) is 2.72. The van der Waals surface area contributed by atoms with Gasteiger partial charge in [-0.05, 0) is 23.8 Å². The van der Waals surface area contributed by atoms with Gasteiger partial charge in [-0.1, -0.05) is 24.3 Å². The molecule has 0 amide bonds. The molecule has 2 heterocycles. The van der Waals surface area contributed by atoms with E-state index in [0.29, 0.717) is 29.6 Å². The summed E-state index contributed by atoms with van der Waals surface area (Å²) in [7, 11) is 1.81. The SMILES string of the molecule is Cn1ccnc1C(=O)c1ccc(CNc2nc3ccc(N)cc3[nH]2)cc1. The van der Waals surface area contributed by atoms with Gasteiger partial charge in [0.1, 0.15) is 0 Å². The van der Waals surface area contributed by atoms with Gasteiger partial charge in [-0.25, -0.2) is 9.97 Å². The number of benzene rings is 2. The fraction of sp³-hybridized carbons (Fsp3) is 0.105. The molecule has 0 aliphatic rings. The largest absolute Gasteiger partial charge is 0.399 e. The first kappa shape index (κ1) is 15.9. The van der Waals surface area contributed by atoms with Crippen LogP contribution < -0.4 is 11.1 Å². The minimum atomic E-state index is -0.0908. The fourth-order valence-corrected chi connectivity index (χ4v) is 2.78. The molecule has 0 radical (unpaired) electrons. The number of hydrogen-bond acceptors (Lipinski definition) is 5. The molecule has 0 atom stereocenters. The Morgan fingerprint density at radius 3 is 2.77 bits per heavy atom. The molecule has 2 aromatic heterocycles. The van der Waals surface area contributed by atoms with Crippen LogP contribution in [0.1, 0.15) is 21.7 Å². The van der Waals surface area contributed by atoms with Crippen LogP contribution in [-0.2, 0) is 13.6 Å². The normalized spacial score (nSPS) is 11.0. The standard InChI is InChI=1S/C19H18N6O/c1-25-9-8-21-18(25)17(26)13-4-2-12(3-5-13)11-22-19-23-15-7-6-14(20)10-16(15)24-19/h2-10H,11,20H2,1H3,(H2,22,23,24). The van der Waals surface area contributed by atoms with Gasteiger partial charge in [0.05, 0.1) is 11.0 Å². The minimum Gasteiger partial charge on any atom is -0.399 e. The van der Waals surface area contributed by atoms with E-state index < -0.39 is 0 Å². The highest BCUT2D eigenvalue weighted by Crippen LogP contribution is 2.18. The summed E-state index contributed by atoms with van der Waals surface area (Å²) in [6, 6.07) is 13.0. The molecule has 0 unspecified atom stereocenters. The number of aromatic amines is 1. The number of carbonyl (C=O) groups is 1. The van der Waals surface area contributed by atoms with Crippen LogP contribution in [0, 0.1) is 0 Å². The number of carbonyl (C=O) groups excluding carboxylic acids is 1. The van der Waals surface area contributed by atoms with E-state index in [1.165, 1.54) is 0 Å². The lowest BCUT2D eigenvalue weighted by molar-refractivity contribution is 0.102. The van der Waals surface area contributed by atoms with E-state index in [2.05, 4.69) is 20.3 Å². The van der Waals surface area contributed by atoms with E-state index in [0.717, 1.165) is 16.6 Å². The molecular weight excluding hydrogens is 328 g/mol. The third kappa shape index (κ3) is 3.02. The molecule has 0 aliphatic heterocycles. The van der Waals surface area contributed by atoms with Crippen molar-refractivity contribution in [2.45, 2.75) is 6.54 Å². The first-order valence-electron chi connectivity index (χ1n) is 8.20. The number of nitrogen functional groups attached to an aromatic ring is 1. The van der Waals surface area contributed by atoms with Crippen molar-refractivity contribution in [2.75, 3.05) is 11.1 Å². The highest BCUT2D eigenvalue weighted by Gasteiger charge is 2.13. The number of nitrogens with one attached hydrogen (secondary N) is 2. The molecule has 26 heavy (non-hydrogen) atoms. The minimum absolute atomic E-state index is 0.0908. The Morgan fingerprint density at radius 1 is 1.23 bits per heavy atom. The Labute approximate surface area is 149 Å². The van der Waals surface area contributed by atoms with E-state index in [-0.39, 0.29) is 5.78 Å². The Bertz CT molecular complexity index is 1080. The molecule has 130 valence electrons. The maximum atomic E-state index is 12.4. The summed E-state index contributed by atoms with van der Waals surface area (Å²) in [5, 5.41) is 3.25. The van der Waals surface area contributed by atoms with Gasteiger partial charge in [-0.15, -0.1) is 0 Å². The molecule has 0 spiro atoms. The lowest BCUT2D eigenvalue weighted by Gasteiger charge is -2.05. The molecule has 4 rings (SSSR count). The number of rotatable bonds is 5. The van der Waals surface area contributed by atoms with Gasteiger partial charge in [0, 0.05) is 37.2 Å². The Balaban J connectivity index is 1.45. The van der Waals surface area contributed by atoms with Crippen LogP contribution in [0.25, 0.3) is 11.0 Å². The third-order valence-electron chi connectivity index (χ3n) is 4.21.